The molecular formula is C9H10F2O3S. The molecule has 0 aliphatic carbocycles. The molecule has 0 bridgehead atoms. The Balaban J connectivity index is 3.27. The van der Waals surface area contributed by atoms with Crippen LogP contribution in [0.1, 0.15) is 11.1 Å². The van der Waals surface area contributed by atoms with E-state index in [1.165, 1.54) is 13.2 Å². The van der Waals surface area contributed by atoms with Crippen LogP contribution in [0, 0.1) is 12.7 Å². The zero-order valence-electron chi connectivity index (χ0n) is 8.25. The molecule has 0 N–H and O–H groups in total. The van der Waals surface area contributed by atoms with E-state index in [9.17, 15) is 16.7 Å². The van der Waals surface area contributed by atoms with Crippen LogP contribution in [-0.2, 0) is 16.0 Å². The molecular weight excluding hydrogens is 226 g/mol. The maximum absolute atomic E-state index is 13.3. The Hall–Kier alpha value is -1.17. The number of ether oxygens (including phenoxy) is 1. The SMILES string of the molecule is COc1cc(C)cc(F)c1CS(=O)(=O)F. The fourth-order valence-corrected chi connectivity index (χ4v) is 1.86. The van der Waals surface area contributed by atoms with Crippen molar-refractivity contribution in [3.8, 4) is 5.75 Å². The lowest BCUT2D eigenvalue weighted by atomic mass is 10.1. The van der Waals surface area contributed by atoms with Crippen LogP contribution >= 0.6 is 0 Å². The van der Waals surface area contributed by atoms with Crippen molar-refractivity contribution in [2.45, 2.75) is 12.7 Å². The van der Waals surface area contributed by atoms with Gasteiger partial charge in [0.1, 0.15) is 17.3 Å². The molecule has 1 rings (SSSR count). The van der Waals surface area contributed by atoms with Crippen molar-refractivity contribution in [2.75, 3.05) is 7.11 Å². The van der Waals surface area contributed by atoms with Crippen LogP contribution in [0.2, 0.25) is 0 Å². The van der Waals surface area contributed by atoms with E-state index in [0.29, 0.717) is 5.56 Å². The van der Waals surface area contributed by atoms with Gasteiger partial charge in [0.15, 0.2) is 0 Å². The maximum atomic E-state index is 13.3. The van der Waals surface area contributed by atoms with Gasteiger partial charge in [-0.25, -0.2) is 4.39 Å². The van der Waals surface area contributed by atoms with E-state index in [-0.39, 0.29) is 11.3 Å². The Bertz CT molecular complexity index is 468. The van der Waals surface area contributed by atoms with Gasteiger partial charge in [0, 0.05) is 5.56 Å². The lowest BCUT2D eigenvalue weighted by molar-refractivity contribution is 0.405. The van der Waals surface area contributed by atoms with Gasteiger partial charge in [-0.05, 0) is 24.6 Å². The number of methoxy groups -OCH3 is 1. The Labute approximate surface area is 86.9 Å². The summed E-state index contributed by atoms with van der Waals surface area (Å²) < 4.78 is 51.4. The average molecular weight is 236 g/mol. The van der Waals surface area contributed by atoms with Gasteiger partial charge >= 0.3 is 10.2 Å². The third-order valence-electron chi connectivity index (χ3n) is 1.84. The van der Waals surface area contributed by atoms with Gasteiger partial charge < -0.3 is 4.74 Å². The van der Waals surface area contributed by atoms with Crippen LogP contribution in [0.15, 0.2) is 12.1 Å². The van der Waals surface area contributed by atoms with Crippen molar-refractivity contribution >= 4 is 10.2 Å². The molecule has 1 aromatic rings. The molecule has 0 aromatic heterocycles. The summed E-state index contributed by atoms with van der Waals surface area (Å²) in [5.41, 5.74) is 0.287. The molecule has 0 aliphatic heterocycles. The molecule has 0 spiro atoms. The second-order valence-corrected chi connectivity index (χ2v) is 4.48. The minimum Gasteiger partial charge on any atom is -0.496 e. The topological polar surface area (TPSA) is 43.4 Å². The third-order valence-corrected chi connectivity index (χ3v) is 2.47. The number of aryl methyl sites for hydroxylation is 1. The van der Waals surface area contributed by atoms with Gasteiger partial charge in [-0.3, -0.25) is 0 Å². The van der Waals surface area contributed by atoms with Crippen molar-refractivity contribution in [3.63, 3.8) is 0 Å². The lowest BCUT2D eigenvalue weighted by Gasteiger charge is -2.08. The second-order valence-electron chi connectivity index (χ2n) is 3.11. The van der Waals surface area contributed by atoms with E-state index in [1.54, 1.807) is 6.92 Å². The van der Waals surface area contributed by atoms with Crippen LogP contribution in [-0.4, -0.2) is 15.5 Å². The first-order chi connectivity index (χ1) is 6.83. The summed E-state index contributed by atoms with van der Waals surface area (Å²) in [4.78, 5) is 0. The highest BCUT2D eigenvalue weighted by atomic mass is 32.3. The zero-order chi connectivity index (χ0) is 11.6. The molecule has 6 heteroatoms. The third kappa shape index (κ3) is 3.16. The molecule has 0 saturated heterocycles. The molecule has 0 unspecified atom stereocenters. The Morgan fingerprint density at radius 1 is 1.40 bits per heavy atom. The van der Waals surface area contributed by atoms with Gasteiger partial charge in [0.05, 0.1) is 7.11 Å². The van der Waals surface area contributed by atoms with Crippen molar-refractivity contribution in [1.29, 1.82) is 0 Å². The number of rotatable bonds is 3. The normalized spacial score (nSPS) is 11.5. The molecule has 1 aromatic carbocycles. The molecule has 0 saturated carbocycles. The van der Waals surface area contributed by atoms with Crippen LogP contribution in [0.5, 0.6) is 5.75 Å². The zero-order valence-corrected chi connectivity index (χ0v) is 9.07. The Morgan fingerprint density at radius 3 is 2.47 bits per heavy atom. The minimum absolute atomic E-state index is 0.0359. The van der Waals surface area contributed by atoms with Crippen LogP contribution in [0.4, 0.5) is 8.28 Å². The first-order valence-corrected chi connectivity index (χ1v) is 5.64. The number of halogens is 2. The summed E-state index contributed by atoms with van der Waals surface area (Å²) in [5, 5.41) is 0. The highest BCUT2D eigenvalue weighted by Gasteiger charge is 2.18. The number of hydrogen-bond donors (Lipinski definition) is 0. The largest absolute Gasteiger partial charge is 0.496 e. The molecule has 0 atom stereocenters. The van der Waals surface area contributed by atoms with E-state index < -0.39 is 21.8 Å². The fraction of sp³-hybridized carbons (Fsp3) is 0.333. The summed E-state index contributed by atoms with van der Waals surface area (Å²) >= 11 is 0. The van der Waals surface area contributed by atoms with E-state index in [0.717, 1.165) is 6.07 Å². The quantitative estimate of drug-likeness (QED) is 0.753. The van der Waals surface area contributed by atoms with Crippen molar-refractivity contribution in [3.05, 3.63) is 29.1 Å². The summed E-state index contributed by atoms with van der Waals surface area (Å²) in [5.74, 6) is -1.76. The second kappa shape index (κ2) is 4.14. The fourth-order valence-electron chi connectivity index (χ4n) is 1.23. The van der Waals surface area contributed by atoms with Crippen molar-refractivity contribution in [1.82, 2.24) is 0 Å². The number of benzene rings is 1. The van der Waals surface area contributed by atoms with Gasteiger partial charge in [0.2, 0.25) is 0 Å². The maximum Gasteiger partial charge on any atom is 0.306 e. The first-order valence-electron chi connectivity index (χ1n) is 4.09. The van der Waals surface area contributed by atoms with E-state index in [1.807, 2.05) is 0 Å². The molecule has 0 amide bonds. The van der Waals surface area contributed by atoms with E-state index >= 15 is 0 Å². The predicted octanol–water partition coefficient (Wildman–Crippen LogP) is 1.94. The summed E-state index contributed by atoms with van der Waals surface area (Å²) in [6.45, 7) is 1.62. The minimum atomic E-state index is -4.77. The smallest absolute Gasteiger partial charge is 0.306 e. The summed E-state index contributed by atoms with van der Waals surface area (Å²) in [7, 11) is -3.50. The summed E-state index contributed by atoms with van der Waals surface area (Å²) in [6, 6.07) is 2.58. The molecule has 0 heterocycles. The summed E-state index contributed by atoms with van der Waals surface area (Å²) in [6.07, 6.45) is 0. The number of hydrogen-bond acceptors (Lipinski definition) is 3. The van der Waals surface area contributed by atoms with Crippen molar-refractivity contribution in [2.24, 2.45) is 0 Å². The molecule has 84 valence electrons. The average Bonchev–Trinajstić information content (AvgIpc) is 2.07. The highest BCUT2D eigenvalue weighted by Crippen LogP contribution is 2.25. The van der Waals surface area contributed by atoms with Crippen LogP contribution in [0.25, 0.3) is 0 Å². The van der Waals surface area contributed by atoms with Crippen LogP contribution < -0.4 is 4.74 Å². The van der Waals surface area contributed by atoms with Crippen LogP contribution in [0.3, 0.4) is 0 Å². The molecule has 0 fully saturated rings. The monoisotopic (exact) mass is 236 g/mol. The van der Waals surface area contributed by atoms with E-state index in [2.05, 4.69) is 0 Å². The van der Waals surface area contributed by atoms with Gasteiger partial charge in [-0.15, -0.1) is 3.89 Å². The molecule has 3 nitrogen and oxygen atoms in total. The van der Waals surface area contributed by atoms with Crippen molar-refractivity contribution < 1.29 is 21.4 Å². The van der Waals surface area contributed by atoms with E-state index in [4.69, 9.17) is 4.74 Å². The van der Waals surface area contributed by atoms with Gasteiger partial charge in [0.25, 0.3) is 0 Å². The molecule has 15 heavy (non-hydrogen) atoms. The lowest BCUT2D eigenvalue weighted by Crippen LogP contribution is -2.03. The predicted molar refractivity (Wildman–Crippen MR) is 51.4 cm³/mol. The van der Waals surface area contributed by atoms with Gasteiger partial charge in [-0.2, -0.15) is 8.42 Å². The Morgan fingerprint density at radius 2 is 2.00 bits per heavy atom. The first kappa shape index (κ1) is 11.9. The standard InChI is InChI=1S/C9H10F2O3S/c1-6-3-8(10)7(5-15(11,12)13)9(4-6)14-2/h3-4H,5H2,1-2H3. The van der Waals surface area contributed by atoms with Gasteiger partial charge in [-0.1, -0.05) is 0 Å². The Kier molecular flexibility index (Phi) is 3.28. The molecule has 0 radical (unpaired) electrons. The highest BCUT2D eigenvalue weighted by molar-refractivity contribution is 7.85. The molecule has 0 aliphatic rings.